The van der Waals surface area contributed by atoms with Crippen LogP contribution < -0.4 is 9.30 Å². The Hall–Kier alpha value is -8.02. The maximum atomic E-state index is 6.96. The van der Waals surface area contributed by atoms with E-state index in [0.29, 0.717) is 0 Å². The lowest BCUT2D eigenvalue weighted by atomic mass is 9.79. The molecule has 11 rings (SSSR count). The van der Waals surface area contributed by atoms with Crippen molar-refractivity contribution < 1.29 is 9.30 Å². The fraction of sp³-hybridized carbons (Fsp3) is 0.270. The van der Waals surface area contributed by atoms with Crippen molar-refractivity contribution in [2.24, 2.45) is 0 Å². The lowest BCUT2D eigenvalue weighted by molar-refractivity contribution is -0.571. The number of nitrogens with zero attached hydrogens (tertiary/aromatic N) is 4. The maximum Gasteiger partial charge on any atom is 0.269 e. The quantitative estimate of drug-likeness (QED) is 0.112. The van der Waals surface area contributed by atoms with Crippen LogP contribution in [0.25, 0.3) is 83.4 Å². The molecule has 0 aliphatic carbocycles. The summed E-state index contributed by atoms with van der Waals surface area (Å²) in [4.78, 5) is 4.94. The third-order valence-electron chi connectivity index (χ3n) is 15.8. The van der Waals surface area contributed by atoms with E-state index in [-0.39, 0.29) is 27.1 Å². The van der Waals surface area contributed by atoms with Crippen LogP contribution in [-0.2, 0) is 27.1 Å². The molecular formula is C74H76N4O. The van der Waals surface area contributed by atoms with Gasteiger partial charge in [-0.05, 0) is 143 Å². The first-order valence-electron chi connectivity index (χ1n) is 28.1. The van der Waals surface area contributed by atoms with Crippen molar-refractivity contribution in [1.82, 2.24) is 14.1 Å². The zero-order chi connectivity index (χ0) is 56.0. The largest absolute Gasteiger partial charge is 0.458 e. The van der Waals surface area contributed by atoms with E-state index in [9.17, 15) is 0 Å². The first-order chi connectivity index (χ1) is 37.3. The number of hydrogen-bond acceptors (Lipinski definition) is 2. The molecule has 5 nitrogen and oxygen atoms in total. The lowest BCUT2D eigenvalue weighted by Crippen LogP contribution is -2.31. The SMILES string of the molecule is CC(C)(C)c1cccc(-c2cccc(-c3cccc(C(C)(C)C)c3)c2-[n+]2[c-]n(-c3cccc(Oc4ccc5c6ccccc6n(-c6cc(C(C)(C)C)ccn6)c5c4)c3)c3cc(-c4cc(C(C)(C)C)cc(C(C)(C)C)c4)ccc32)c1. The molecule has 0 saturated carbocycles. The smallest absolute Gasteiger partial charge is 0.269 e. The van der Waals surface area contributed by atoms with Gasteiger partial charge in [-0.25, -0.2) is 4.98 Å². The number of aromatic nitrogens is 4. The number of fused-ring (bicyclic) bond motifs is 4. The van der Waals surface area contributed by atoms with Gasteiger partial charge in [0, 0.05) is 23.0 Å². The second kappa shape index (κ2) is 19.4. The second-order valence-corrected chi connectivity index (χ2v) is 26.9. The highest BCUT2D eigenvalue weighted by Crippen LogP contribution is 2.41. The standard InChI is InChI=1S/C74H76N4O/c1-70(2,3)52-24-18-22-49(38-52)60-29-21-30-61(50-23-19-25-53(39-50)71(4,5)6)69(60)77-47-76(67-42-48(32-35-65(67)77)51-40-55(73(10,11)12)43-56(41-51)74(13,14)15)57-26-20-27-58(45-57)79-59-33-34-63-62-28-16-17-31-64(62)78(66(63)46-59)68-44-54(36-37-75-68)72(7,8)9/h16-46H,1-15H3. The van der Waals surface area contributed by atoms with Crippen molar-refractivity contribution in [3.63, 3.8) is 0 Å². The van der Waals surface area contributed by atoms with Crippen LogP contribution in [-0.4, -0.2) is 14.1 Å². The van der Waals surface area contributed by atoms with Crippen LogP contribution in [0.5, 0.6) is 11.5 Å². The fourth-order valence-corrected chi connectivity index (χ4v) is 11.0. The van der Waals surface area contributed by atoms with Gasteiger partial charge in [0.15, 0.2) is 0 Å². The molecule has 5 heteroatoms. The highest BCUT2D eigenvalue weighted by molar-refractivity contribution is 6.09. The molecule has 0 bridgehead atoms. The average Bonchev–Trinajstić information content (AvgIpc) is 4.20. The summed E-state index contributed by atoms with van der Waals surface area (Å²) in [7, 11) is 0. The third-order valence-corrected chi connectivity index (χ3v) is 15.8. The molecular weight excluding hydrogens is 961 g/mol. The van der Waals surface area contributed by atoms with E-state index in [1.807, 2.05) is 12.3 Å². The Balaban J connectivity index is 1.13. The van der Waals surface area contributed by atoms with E-state index in [4.69, 9.17) is 9.72 Å². The lowest BCUT2D eigenvalue weighted by Gasteiger charge is -2.26. The summed E-state index contributed by atoms with van der Waals surface area (Å²) < 4.78 is 13.8. The van der Waals surface area contributed by atoms with E-state index in [2.05, 4.69) is 300 Å². The monoisotopic (exact) mass is 1040 g/mol. The molecule has 0 unspecified atom stereocenters. The van der Waals surface area contributed by atoms with Crippen molar-refractivity contribution in [3.8, 4) is 62.1 Å². The van der Waals surface area contributed by atoms with Gasteiger partial charge in [0.1, 0.15) is 17.3 Å². The Morgan fingerprint density at radius 3 is 1.56 bits per heavy atom. The number of imidazole rings is 1. The van der Waals surface area contributed by atoms with Crippen molar-refractivity contribution in [2.75, 3.05) is 0 Å². The molecule has 398 valence electrons. The molecule has 79 heavy (non-hydrogen) atoms. The summed E-state index contributed by atoms with van der Waals surface area (Å²) in [6, 6.07) is 66.9. The summed E-state index contributed by atoms with van der Waals surface area (Å²) >= 11 is 0. The fourth-order valence-electron chi connectivity index (χ4n) is 11.0. The first kappa shape index (κ1) is 53.0. The molecule has 0 atom stereocenters. The second-order valence-electron chi connectivity index (χ2n) is 26.9. The molecule has 11 aromatic rings. The van der Waals surface area contributed by atoms with E-state index in [0.717, 1.165) is 84.0 Å². The van der Waals surface area contributed by atoms with Gasteiger partial charge in [0.25, 0.3) is 6.33 Å². The topological polar surface area (TPSA) is 35.9 Å². The summed E-state index contributed by atoms with van der Waals surface area (Å²) in [5.74, 6) is 2.34. The summed E-state index contributed by atoms with van der Waals surface area (Å²) in [6.07, 6.45) is 5.95. The highest BCUT2D eigenvalue weighted by atomic mass is 16.5. The molecule has 0 spiro atoms. The van der Waals surface area contributed by atoms with Gasteiger partial charge in [0.2, 0.25) is 0 Å². The van der Waals surface area contributed by atoms with Crippen LogP contribution in [0.3, 0.4) is 0 Å². The minimum absolute atomic E-state index is 0.0338. The number of ether oxygens (including phenoxy) is 1. The van der Waals surface area contributed by atoms with Gasteiger partial charge in [-0.15, -0.1) is 0 Å². The van der Waals surface area contributed by atoms with Crippen LogP contribution in [0.4, 0.5) is 0 Å². The van der Waals surface area contributed by atoms with Gasteiger partial charge in [0.05, 0.1) is 33.4 Å². The van der Waals surface area contributed by atoms with Gasteiger partial charge in [-0.3, -0.25) is 13.7 Å². The molecule has 0 radical (unpaired) electrons. The summed E-state index contributed by atoms with van der Waals surface area (Å²) in [5, 5.41) is 2.32. The number of para-hydroxylation sites is 2. The van der Waals surface area contributed by atoms with Crippen LogP contribution in [0.1, 0.15) is 132 Å². The van der Waals surface area contributed by atoms with E-state index >= 15 is 0 Å². The van der Waals surface area contributed by atoms with E-state index in [1.54, 1.807) is 0 Å². The van der Waals surface area contributed by atoms with Gasteiger partial charge >= 0.3 is 0 Å². The van der Waals surface area contributed by atoms with Crippen molar-refractivity contribution in [3.05, 3.63) is 222 Å². The molecule has 0 fully saturated rings. The third kappa shape index (κ3) is 10.3. The van der Waals surface area contributed by atoms with Crippen LogP contribution in [0.15, 0.2) is 188 Å². The zero-order valence-electron chi connectivity index (χ0n) is 49.1. The Labute approximate surface area is 469 Å². The molecule has 0 amide bonds. The first-order valence-corrected chi connectivity index (χ1v) is 28.1. The van der Waals surface area contributed by atoms with Crippen molar-refractivity contribution in [1.29, 1.82) is 0 Å². The highest BCUT2D eigenvalue weighted by Gasteiger charge is 2.26. The number of pyridine rings is 1. The number of hydrogen-bond donors (Lipinski definition) is 0. The van der Waals surface area contributed by atoms with Crippen LogP contribution in [0, 0.1) is 6.33 Å². The average molecular weight is 1040 g/mol. The molecule has 0 aliphatic rings. The van der Waals surface area contributed by atoms with Gasteiger partial charge in [-0.2, -0.15) is 0 Å². The Bertz CT molecular complexity index is 4020. The normalized spacial score (nSPS) is 12.7. The maximum absolute atomic E-state index is 6.96. The van der Waals surface area contributed by atoms with E-state index in [1.165, 1.54) is 38.8 Å². The number of benzene rings is 8. The predicted molar refractivity (Wildman–Crippen MR) is 332 cm³/mol. The van der Waals surface area contributed by atoms with Crippen molar-refractivity contribution >= 4 is 32.8 Å². The Morgan fingerprint density at radius 1 is 0.392 bits per heavy atom. The minimum Gasteiger partial charge on any atom is -0.458 e. The van der Waals surface area contributed by atoms with Crippen molar-refractivity contribution in [2.45, 2.75) is 131 Å². The summed E-state index contributed by atoms with van der Waals surface area (Å²) in [6.45, 7) is 34.3. The Kier molecular flexibility index (Phi) is 13.0. The number of rotatable bonds is 8. The minimum atomic E-state index is -0.0401. The molecule has 3 heterocycles. The Morgan fingerprint density at radius 2 is 0.937 bits per heavy atom. The molecule has 8 aromatic carbocycles. The zero-order valence-corrected chi connectivity index (χ0v) is 49.1. The van der Waals surface area contributed by atoms with Gasteiger partial charge < -0.3 is 4.74 Å². The van der Waals surface area contributed by atoms with Crippen LogP contribution in [0.2, 0.25) is 0 Å². The van der Waals surface area contributed by atoms with Crippen LogP contribution >= 0.6 is 0 Å². The summed E-state index contributed by atoms with van der Waals surface area (Å²) in [5.41, 5.74) is 19.4. The molecule has 0 N–H and O–H groups in total. The van der Waals surface area contributed by atoms with Gasteiger partial charge in [-0.1, -0.05) is 225 Å². The van der Waals surface area contributed by atoms with E-state index < -0.39 is 0 Å². The molecule has 0 aliphatic heterocycles. The predicted octanol–water partition coefficient (Wildman–Crippen LogP) is 19.5. The molecule has 0 saturated heterocycles. The molecule has 3 aromatic heterocycles.